The highest BCUT2D eigenvalue weighted by atomic mass is 35.5. The number of halogens is 1. The molecule has 0 saturated carbocycles. The highest BCUT2D eigenvalue weighted by Gasteiger charge is 1.98. The van der Waals surface area contributed by atoms with Crippen molar-refractivity contribution in [1.29, 1.82) is 0 Å². The Balaban J connectivity index is 0.00000121. The summed E-state index contributed by atoms with van der Waals surface area (Å²) < 4.78 is 0. The lowest BCUT2D eigenvalue weighted by molar-refractivity contribution is 0.890. The van der Waals surface area contributed by atoms with Crippen molar-refractivity contribution in [3.05, 3.63) is 18.3 Å². The van der Waals surface area contributed by atoms with Gasteiger partial charge in [-0.2, -0.15) is 0 Å². The first kappa shape index (κ1) is 11.0. The zero-order valence-corrected chi connectivity index (χ0v) is 8.06. The van der Waals surface area contributed by atoms with Gasteiger partial charge in [0.25, 0.3) is 0 Å². The molecule has 1 heterocycles. The van der Waals surface area contributed by atoms with Gasteiger partial charge < -0.3 is 11.1 Å². The van der Waals surface area contributed by atoms with Crippen LogP contribution in [0.4, 0.5) is 11.5 Å². The molecule has 0 aromatic carbocycles. The van der Waals surface area contributed by atoms with Gasteiger partial charge in [0, 0.05) is 12.2 Å². The fourth-order valence-corrected chi connectivity index (χ4v) is 0.812. The summed E-state index contributed by atoms with van der Waals surface area (Å²) in [5.41, 5.74) is 6.34. The zero-order valence-electron chi connectivity index (χ0n) is 7.24. The SMILES string of the molecule is CC(C)Nc1ncccc1N.Cl. The van der Waals surface area contributed by atoms with E-state index >= 15 is 0 Å². The fourth-order valence-electron chi connectivity index (χ4n) is 0.812. The van der Waals surface area contributed by atoms with Gasteiger partial charge in [0.05, 0.1) is 5.69 Å². The highest BCUT2D eigenvalue weighted by Crippen LogP contribution is 2.13. The van der Waals surface area contributed by atoms with Gasteiger partial charge in [-0.05, 0) is 26.0 Å². The minimum atomic E-state index is 0. The second kappa shape index (κ2) is 4.83. The molecule has 12 heavy (non-hydrogen) atoms. The summed E-state index contributed by atoms with van der Waals surface area (Å²) in [7, 11) is 0. The molecule has 3 nitrogen and oxygen atoms in total. The van der Waals surface area contributed by atoms with Crippen LogP contribution >= 0.6 is 12.4 Å². The normalized spacial score (nSPS) is 9.25. The lowest BCUT2D eigenvalue weighted by atomic mass is 10.3. The van der Waals surface area contributed by atoms with Crippen LogP contribution in [-0.4, -0.2) is 11.0 Å². The maximum atomic E-state index is 5.64. The van der Waals surface area contributed by atoms with Crippen LogP contribution in [0.2, 0.25) is 0 Å². The number of hydrogen-bond acceptors (Lipinski definition) is 3. The van der Waals surface area contributed by atoms with Gasteiger partial charge in [-0.25, -0.2) is 4.98 Å². The Morgan fingerprint density at radius 2 is 2.17 bits per heavy atom. The van der Waals surface area contributed by atoms with Crippen molar-refractivity contribution in [2.45, 2.75) is 19.9 Å². The number of rotatable bonds is 2. The quantitative estimate of drug-likeness (QED) is 0.744. The molecule has 3 N–H and O–H groups in total. The van der Waals surface area contributed by atoms with Gasteiger partial charge in [0.15, 0.2) is 0 Å². The molecule has 0 aliphatic carbocycles. The smallest absolute Gasteiger partial charge is 0.149 e. The second-order valence-electron chi connectivity index (χ2n) is 2.74. The number of pyridine rings is 1. The van der Waals surface area contributed by atoms with Crippen LogP contribution in [0, 0.1) is 0 Å². The van der Waals surface area contributed by atoms with Gasteiger partial charge >= 0.3 is 0 Å². The second-order valence-corrected chi connectivity index (χ2v) is 2.74. The van der Waals surface area contributed by atoms with Gasteiger partial charge in [-0.1, -0.05) is 0 Å². The lowest BCUT2D eigenvalue weighted by Crippen LogP contribution is -2.12. The topological polar surface area (TPSA) is 50.9 Å². The number of nitrogens with one attached hydrogen (secondary N) is 1. The number of nitrogens with two attached hydrogens (primary N) is 1. The third-order valence-corrected chi connectivity index (χ3v) is 1.26. The van der Waals surface area contributed by atoms with Gasteiger partial charge in [0.1, 0.15) is 5.82 Å². The Kier molecular flexibility index (Phi) is 4.44. The predicted molar refractivity (Wildman–Crippen MR) is 54.7 cm³/mol. The Labute approximate surface area is 78.8 Å². The van der Waals surface area contributed by atoms with Crippen LogP contribution in [0.3, 0.4) is 0 Å². The molecule has 0 amide bonds. The van der Waals surface area contributed by atoms with E-state index in [0.717, 1.165) is 5.82 Å². The Hall–Kier alpha value is -0.960. The van der Waals surface area contributed by atoms with E-state index in [-0.39, 0.29) is 12.4 Å². The van der Waals surface area contributed by atoms with Crippen molar-refractivity contribution in [3.8, 4) is 0 Å². The van der Waals surface area contributed by atoms with Crippen molar-refractivity contribution in [2.24, 2.45) is 0 Å². The van der Waals surface area contributed by atoms with E-state index in [1.807, 2.05) is 26.0 Å². The molecule has 1 aromatic rings. The molecule has 0 unspecified atom stereocenters. The van der Waals surface area contributed by atoms with E-state index in [0.29, 0.717) is 11.7 Å². The van der Waals surface area contributed by atoms with Crippen molar-refractivity contribution >= 4 is 23.9 Å². The van der Waals surface area contributed by atoms with Gasteiger partial charge in [-0.15, -0.1) is 12.4 Å². The average molecular weight is 188 g/mol. The lowest BCUT2D eigenvalue weighted by Gasteiger charge is -2.09. The van der Waals surface area contributed by atoms with Crippen LogP contribution in [0.15, 0.2) is 18.3 Å². The van der Waals surface area contributed by atoms with Crippen LogP contribution in [0.1, 0.15) is 13.8 Å². The molecule has 0 aliphatic rings. The van der Waals surface area contributed by atoms with Crippen molar-refractivity contribution in [2.75, 3.05) is 11.1 Å². The molecule has 0 saturated heterocycles. The van der Waals surface area contributed by atoms with E-state index in [1.54, 1.807) is 6.20 Å². The molecule has 0 atom stereocenters. The summed E-state index contributed by atoms with van der Waals surface area (Å²) in [6, 6.07) is 4.02. The largest absolute Gasteiger partial charge is 0.396 e. The summed E-state index contributed by atoms with van der Waals surface area (Å²) in [5, 5.41) is 3.14. The third-order valence-electron chi connectivity index (χ3n) is 1.26. The number of nitrogens with zero attached hydrogens (tertiary/aromatic N) is 1. The molecule has 0 spiro atoms. The molecule has 0 bridgehead atoms. The first-order valence-corrected chi connectivity index (χ1v) is 3.67. The molecule has 0 fully saturated rings. The molecule has 1 rings (SSSR count). The highest BCUT2D eigenvalue weighted by molar-refractivity contribution is 5.85. The molecule has 0 radical (unpaired) electrons. The van der Waals surface area contributed by atoms with Crippen molar-refractivity contribution < 1.29 is 0 Å². The Bertz CT molecular complexity index is 237. The molecular formula is C8H14ClN3. The fraction of sp³-hybridized carbons (Fsp3) is 0.375. The average Bonchev–Trinajstić information content (AvgIpc) is 1.93. The van der Waals surface area contributed by atoms with Gasteiger partial charge in [0.2, 0.25) is 0 Å². The summed E-state index contributed by atoms with van der Waals surface area (Å²) in [6.07, 6.45) is 1.72. The van der Waals surface area contributed by atoms with E-state index in [2.05, 4.69) is 10.3 Å². The van der Waals surface area contributed by atoms with Crippen LogP contribution in [0.25, 0.3) is 0 Å². The zero-order chi connectivity index (χ0) is 8.27. The Morgan fingerprint density at radius 1 is 1.50 bits per heavy atom. The maximum Gasteiger partial charge on any atom is 0.149 e. The number of anilines is 2. The molecule has 4 heteroatoms. The van der Waals surface area contributed by atoms with E-state index in [1.165, 1.54) is 0 Å². The molecule has 0 aliphatic heterocycles. The maximum absolute atomic E-state index is 5.64. The van der Waals surface area contributed by atoms with Crippen molar-refractivity contribution in [1.82, 2.24) is 4.98 Å². The summed E-state index contributed by atoms with van der Waals surface area (Å²) in [4.78, 5) is 4.08. The number of hydrogen-bond donors (Lipinski definition) is 2. The minimum absolute atomic E-state index is 0. The van der Waals surface area contributed by atoms with Crippen LogP contribution < -0.4 is 11.1 Å². The number of nitrogen functional groups attached to an aromatic ring is 1. The van der Waals surface area contributed by atoms with E-state index in [9.17, 15) is 0 Å². The molecular weight excluding hydrogens is 174 g/mol. The standard InChI is InChI=1S/C8H13N3.ClH/c1-6(2)11-8-7(9)4-3-5-10-8;/h3-6H,9H2,1-2H3,(H,10,11);1H. The van der Waals surface area contributed by atoms with Crippen LogP contribution in [0.5, 0.6) is 0 Å². The minimum Gasteiger partial charge on any atom is -0.396 e. The van der Waals surface area contributed by atoms with E-state index < -0.39 is 0 Å². The van der Waals surface area contributed by atoms with Crippen LogP contribution in [-0.2, 0) is 0 Å². The predicted octanol–water partition coefficient (Wildman–Crippen LogP) is 1.91. The number of aromatic nitrogens is 1. The monoisotopic (exact) mass is 187 g/mol. The summed E-state index contributed by atoms with van der Waals surface area (Å²) in [6.45, 7) is 4.10. The first-order valence-electron chi connectivity index (χ1n) is 3.67. The first-order chi connectivity index (χ1) is 5.20. The molecule has 68 valence electrons. The van der Waals surface area contributed by atoms with Gasteiger partial charge in [-0.3, -0.25) is 0 Å². The summed E-state index contributed by atoms with van der Waals surface area (Å²) >= 11 is 0. The Morgan fingerprint density at radius 3 is 2.67 bits per heavy atom. The molecule has 1 aromatic heterocycles. The third kappa shape index (κ3) is 2.96. The van der Waals surface area contributed by atoms with E-state index in [4.69, 9.17) is 5.73 Å². The van der Waals surface area contributed by atoms with Crippen molar-refractivity contribution in [3.63, 3.8) is 0 Å². The summed E-state index contributed by atoms with van der Waals surface area (Å²) in [5.74, 6) is 0.766.